The summed E-state index contributed by atoms with van der Waals surface area (Å²) in [5.41, 5.74) is 0. The van der Waals surface area contributed by atoms with E-state index in [-0.39, 0.29) is 17.2 Å². The number of hydrogen-bond acceptors (Lipinski definition) is 5. The van der Waals surface area contributed by atoms with Crippen molar-refractivity contribution in [3.63, 3.8) is 0 Å². The summed E-state index contributed by atoms with van der Waals surface area (Å²) in [5.74, 6) is -1.36. The number of hydrogen-bond donors (Lipinski definition) is 1. The van der Waals surface area contributed by atoms with Gasteiger partial charge in [-0.1, -0.05) is 6.92 Å². The van der Waals surface area contributed by atoms with Crippen molar-refractivity contribution in [1.29, 1.82) is 0 Å². The van der Waals surface area contributed by atoms with Gasteiger partial charge in [-0.3, -0.25) is 0 Å². The Kier molecular flexibility index (Phi) is 4.78. The number of ether oxygens (including phenoxy) is 2. The maximum absolute atomic E-state index is 11.1. The molecule has 0 amide bonds. The van der Waals surface area contributed by atoms with Crippen molar-refractivity contribution < 1.29 is 24.2 Å². The van der Waals surface area contributed by atoms with E-state index in [4.69, 9.17) is 14.6 Å². The SMILES string of the molecule is CCCOC(=O)COc1ccsc1C(=O)O. The van der Waals surface area contributed by atoms with Gasteiger partial charge < -0.3 is 14.6 Å². The highest BCUT2D eigenvalue weighted by molar-refractivity contribution is 7.12. The quantitative estimate of drug-likeness (QED) is 0.772. The predicted octanol–water partition coefficient (Wildman–Crippen LogP) is 1.78. The third kappa shape index (κ3) is 3.54. The maximum atomic E-state index is 11.1. The van der Waals surface area contributed by atoms with Crippen LogP contribution in [-0.4, -0.2) is 30.3 Å². The summed E-state index contributed by atoms with van der Waals surface area (Å²) in [6, 6.07) is 1.52. The molecule has 0 saturated heterocycles. The monoisotopic (exact) mass is 244 g/mol. The lowest BCUT2D eigenvalue weighted by atomic mass is 10.4. The van der Waals surface area contributed by atoms with Crippen LogP contribution >= 0.6 is 11.3 Å². The van der Waals surface area contributed by atoms with E-state index in [1.807, 2.05) is 6.92 Å². The molecular formula is C10H12O5S. The minimum Gasteiger partial charge on any atom is -0.480 e. The fraction of sp³-hybridized carbons (Fsp3) is 0.400. The Labute approximate surface area is 96.6 Å². The molecule has 0 aliphatic carbocycles. The van der Waals surface area contributed by atoms with E-state index in [0.29, 0.717) is 6.61 Å². The van der Waals surface area contributed by atoms with E-state index < -0.39 is 11.9 Å². The minimum atomic E-state index is -1.06. The number of carbonyl (C=O) groups is 2. The maximum Gasteiger partial charge on any atom is 0.349 e. The second-order valence-corrected chi connectivity index (χ2v) is 3.84. The zero-order chi connectivity index (χ0) is 12.0. The number of carboxylic acid groups (broad SMARTS) is 1. The van der Waals surface area contributed by atoms with Crippen LogP contribution in [0.3, 0.4) is 0 Å². The fourth-order valence-electron chi connectivity index (χ4n) is 0.961. The molecule has 0 bridgehead atoms. The summed E-state index contributed by atoms with van der Waals surface area (Å²) >= 11 is 1.05. The third-order valence-electron chi connectivity index (χ3n) is 1.64. The van der Waals surface area contributed by atoms with E-state index in [9.17, 15) is 9.59 Å². The average molecular weight is 244 g/mol. The fourth-order valence-corrected chi connectivity index (χ4v) is 1.63. The number of thiophene rings is 1. The van der Waals surface area contributed by atoms with Crippen molar-refractivity contribution in [2.75, 3.05) is 13.2 Å². The zero-order valence-electron chi connectivity index (χ0n) is 8.76. The van der Waals surface area contributed by atoms with Crippen LogP contribution in [0.25, 0.3) is 0 Å². The number of carboxylic acids is 1. The van der Waals surface area contributed by atoms with Crippen molar-refractivity contribution in [2.45, 2.75) is 13.3 Å². The molecule has 1 heterocycles. The lowest BCUT2D eigenvalue weighted by Gasteiger charge is -2.05. The van der Waals surface area contributed by atoms with Crippen molar-refractivity contribution in [3.05, 3.63) is 16.3 Å². The van der Waals surface area contributed by atoms with Gasteiger partial charge in [0.05, 0.1) is 6.61 Å². The van der Waals surface area contributed by atoms with E-state index in [1.165, 1.54) is 6.07 Å². The Hall–Kier alpha value is -1.56. The average Bonchev–Trinajstić information content (AvgIpc) is 2.71. The van der Waals surface area contributed by atoms with E-state index in [1.54, 1.807) is 5.38 Å². The smallest absolute Gasteiger partial charge is 0.349 e. The van der Waals surface area contributed by atoms with Crippen LogP contribution < -0.4 is 4.74 Å². The molecule has 6 heteroatoms. The highest BCUT2D eigenvalue weighted by atomic mass is 32.1. The first kappa shape index (κ1) is 12.5. The van der Waals surface area contributed by atoms with Crippen molar-refractivity contribution >= 4 is 23.3 Å². The molecule has 0 atom stereocenters. The standard InChI is InChI=1S/C10H12O5S/c1-2-4-14-8(11)6-15-7-3-5-16-9(7)10(12)13/h3,5H,2,4,6H2,1H3,(H,12,13). The van der Waals surface area contributed by atoms with E-state index in [2.05, 4.69) is 0 Å². The Bertz CT molecular complexity index is 371. The first-order valence-electron chi connectivity index (χ1n) is 4.74. The molecule has 0 fully saturated rings. The first-order valence-corrected chi connectivity index (χ1v) is 5.62. The lowest BCUT2D eigenvalue weighted by molar-refractivity contribution is -0.146. The number of esters is 1. The molecule has 88 valence electrons. The second-order valence-electron chi connectivity index (χ2n) is 2.93. The summed E-state index contributed by atoms with van der Waals surface area (Å²) in [4.78, 5) is 21.9. The second kappa shape index (κ2) is 6.12. The van der Waals surface area contributed by atoms with Gasteiger partial charge in [0.15, 0.2) is 11.5 Å². The van der Waals surface area contributed by atoms with Crippen molar-refractivity contribution in [1.82, 2.24) is 0 Å². The number of rotatable bonds is 6. The molecule has 0 aromatic carbocycles. The Morgan fingerprint density at radius 3 is 2.88 bits per heavy atom. The van der Waals surface area contributed by atoms with Crippen LogP contribution in [0.2, 0.25) is 0 Å². The first-order chi connectivity index (χ1) is 7.65. The molecule has 1 aromatic rings. The molecular weight excluding hydrogens is 232 g/mol. The normalized spacial score (nSPS) is 9.81. The van der Waals surface area contributed by atoms with Gasteiger partial charge in [-0.15, -0.1) is 11.3 Å². The molecule has 0 aliphatic rings. The van der Waals surface area contributed by atoms with Gasteiger partial charge in [-0.2, -0.15) is 0 Å². The minimum absolute atomic E-state index is 0.0864. The van der Waals surface area contributed by atoms with Crippen molar-refractivity contribution in [2.24, 2.45) is 0 Å². The molecule has 0 saturated carbocycles. The molecule has 16 heavy (non-hydrogen) atoms. The largest absolute Gasteiger partial charge is 0.480 e. The zero-order valence-corrected chi connectivity index (χ0v) is 9.58. The van der Waals surface area contributed by atoms with Crippen LogP contribution in [0.1, 0.15) is 23.0 Å². The van der Waals surface area contributed by atoms with Crippen molar-refractivity contribution in [3.8, 4) is 5.75 Å². The number of carbonyl (C=O) groups excluding carboxylic acids is 1. The summed E-state index contributed by atoms with van der Waals surface area (Å²) in [5, 5.41) is 10.4. The Balaban J connectivity index is 2.45. The molecule has 1 aromatic heterocycles. The lowest BCUT2D eigenvalue weighted by Crippen LogP contribution is -2.15. The van der Waals surface area contributed by atoms with Crippen LogP contribution in [-0.2, 0) is 9.53 Å². The molecule has 1 rings (SSSR count). The van der Waals surface area contributed by atoms with Crippen LogP contribution in [0.4, 0.5) is 0 Å². The van der Waals surface area contributed by atoms with Gasteiger partial charge in [0.25, 0.3) is 0 Å². The highest BCUT2D eigenvalue weighted by Crippen LogP contribution is 2.24. The molecule has 0 spiro atoms. The topological polar surface area (TPSA) is 72.8 Å². The number of aromatic carboxylic acids is 1. The van der Waals surface area contributed by atoms with Gasteiger partial charge in [-0.05, 0) is 17.9 Å². The van der Waals surface area contributed by atoms with Crippen LogP contribution in [0.5, 0.6) is 5.75 Å². The summed E-state index contributed by atoms with van der Waals surface area (Å²) in [7, 11) is 0. The molecule has 5 nitrogen and oxygen atoms in total. The molecule has 0 unspecified atom stereocenters. The van der Waals surface area contributed by atoms with Gasteiger partial charge in [0.2, 0.25) is 0 Å². The predicted molar refractivity (Wildman–Crippen MR) is 58.0 cm³/mol. The third-order valence-corrected chi connectivity index (χ3v) is 2.52. The van der Waals surface area contributed by atoms with Gasteiger partial charge in [-0.25, -0.2) is 9.59 Å². The summed E-state index contributed by atoms with van der Waals surface area (Å²) < 4.78 is 9.83. The van der Waals surface area contributed by atoms with Crippen LogP contribution in [0, 0.1) is 0 Å². The molecule has 0 aliphatic heterocycles. The Morgan fingerprint density at radius 2 is 2.25 bits per heavy atom. The highest BCUT2D eigenvalue weighted by Gasteiger charge is 2.14. The van der Waals surface area contributed by atoms with Gasteiger partial charge in [0.1, 0.15) is 5.75 Å². The summed E-state index contributed by atoms with van der Waals surface area (Å²) in [6.07, 6.45) is 0.741. The van der Waals surface area contributed by atoms with Gasteiger partial charge >= 0.3 is 11.9 Å². The van der Waals surface area contributed by atoms with Gasteiger partial charge in [0, 0.05) is 0 Å². The molecule has 0 radical (unpaired) electrons. The van der Waals surface area contributed by atoms with Crippen LogP contribution in [0.15, 0.2) is 11.4 Å². The Morgan fingerprint density at radius 1 is 1.50 bits per heavy atom. The van der Waals surface area contributed by atoms with E-state index >= 15 is 0 Å². The molecule has 1 N–H and O–H groups in total. The van der Waals surface area contributed by atoms with E-state index in [0.717, 1.165) is 17.8 Å². The summed E-state index contributed by atoms with van der Waals surface area (Å²) in [6.45, 7) is 1.96.